The van der Waals surface area contributed by atoms with E-state index in [0.29, 0.717) is 48.0 Å². The number of fused-ring (bicyclic) bond motifs is 4. The average Bonchev–Trinajstić information content (AvgIpc) is 3.20. The number of rotatable bonds is 5. The Morgan fingerprint density at radius 2 is 1.97 bits per heavy atom. The van der Waals surface area contributed by atoms with E-state index in [2.05, 4.69) is 22.0 Å². The van der Waals surface area contributed by atoms with Crippen LogP contribution in [0.5, 0.6) is 11.5 Å². The van der Waals surface area contributed by atoms with Gasteiger partial charge in [0.25, 0.3) is 11.3 Å². The number of hydrogen-bond acceptors (Lipinski definition) is 6. The third-order valence-corrected chi connectivity index (χ3v) is 5.11. The second kappa shape index (κ2) is 7.20. The lowest BCUT2D eigenvalue weighted by Crippen LogP contribution is -2.20. The number of pyridine rings is 1. The fraction of sp³-hybridized carbons (Fsp3) is 0.333. The van der Waals surface area contributed by atoms with Crippen LogP contribution in [0.15, 0.2) is 41.5 Å². The van der Waals surface area contributed by atoms with Gasteiger partial charge in [-0.3, -0.25) is 4.79 Å². The van der Waals surface area contributed by atoms with Crippen LogP contribution in [0.2, 0.25) is 0 Å². The molecule has 0 saturated carbocycles. The van der Waals surface area contributed by atoms with Crippen molar-refractivity contribution >= 4 is 16.7 Å². The van der Waals surface area contributed by atoms with E-state index in [1.165, 1.54) is 0 Å². The van der Waals surface area contributed by atoms with Crippen molar-refractivity contribution in [3.05, 3.63) is 47.0 Å². The lowest BCUT2D eigenvalue weighted by atomic mass is 10.2. The molecule has 4 aromatic rings. The molecular formula is C21H21N5O3. The quantitative estimate of drug-likeness (QED) is 0.486. The third-order valence-electron chi connectivity index (χ3n) is 5.11. The highest BCUT2D eigenvalue weighted by Crippen LogP contribution is 2.33. The molecular weight excluding hydrogens is 370 g/mol. The first-order valence-corrected chi connectivity index (χ1v) is 9.89. The summed E-state index contributed by atoms with van der Waals surface area (Å²) < 4.78 is 14.6. The molecule has 148 valence electrons. The number of nitrogens with zero attached hydrogens (tertiary/aromatic N) is 5. The minimum Gasteiger partial charge on any atom is -0.486 e. The van der Waals surface area contributed by atoms with E-state index in [4.69, 9.17) is 9.47 Å². The molecule has 3 aromatic heterocycles. The summed E-state index contributed by atoms with van der Waals surface area (Å²) in [5.41, 5.74) is 1.45. The van der Waals surface area contributed by atoms with Gasteiger partial charge in [0.2, 0.25) is 0 Å². The number of aryl methyl sites for hydroxylation is 1. The lowest BCUT2D eigenvalue weighted by Gasteiger charge is -2.18. The van der Waals surface area contributed by atoms with Crippen LogP contribution >= 0.6 is 0 Å². The Morgan fingerprint density at radius 1 is 1.10 bits per heavy atom. The van der Waals surface area contributed by atoms with Crippen LogP contribution in [-0.4, -0.2) is 37.4 Å². The van der Waals surface area contributed by atoms with Crippen LogP contribution < -0.4 is 15.0 Å². The van der Waals surface area contributed by atoms with Gasteiger partial charge in [-0.2, -0.15) is 9.50 Å². The van der Waals surface area contributed by atoms with Crippen LogP contribution in [0.4, 0.5) is 0 Å². The Labute approximate surface area is 166 Å². The van der Waals surface area contributed by atoms with Gasteiger partial charge < -0.3 is 14.0 Å². The van der Waals surface area contributed by atoms with Gasteiger partial charge in [-0.05, 0) is 30.7 Å². The molecule has 0 radical (unpaired) electrons. The molecule has 1 aliphatic heterocycles. The summed E-state index contributed by atoms with van der Waals surface area (Å²) in [5.74, 6) is 2.37. The first-order chi connectivity index (χ1) is 14.2. The number of benzene rings is 1. The minimum atomic E-state index is -0.0515. The van der Waals surface area contributed by atoms with Crippen LogP contribution in [0.3, 0.4) is 0 Å². The Hall–Kier alpha value is -3.42. The van der Waals surface area contributed by atoms with E-state index in [-0.39, 0.29) is 5.56 Å². The third kappa shape index (κ3) is 3.10. The molecule has 0 unspecified atom stereocenters. The molecule has 4 heterocycles. The molecule has 0 atom stereocenters. The Kier molecular flexibility index (Phi) is 4.38. The summed E-state index contributed by atoms with van der Waals surface area (Å²) in [5, 5.41) is 5.14. The molecule has 0 saturated heterocycles. The zero-order chi connectivity index (χ0) is 19.8. The van der Waals surface area contributed by atoms with Crippen LogP contribution in [0.1, 0.15) is 26.2 Å². The number of ether oxygens (including phenoxy) is 2. The Morgan fingerprint density at radius 3 is 2.83 bits per heavy atom. The van der Waals surface area contributed by atoms with E-state index in [1.807, 2.05) is 30.5 Å². The number of unbranched alkanes of at least 4 members (excludes halogenated alkanes) is 2. The summed E-state index contributed by atoms with van der Waals surface area (Å²) in [6, 6.07) is 7.52. The zero-order valence-electron chi connectivity index (χ0n) is 16.2. The standard InChI is InChI=1S/C21H21N5O3/c1-2-3-4-8-25-9-7-16-15(20(25)27)13-22-21-23-19(24-26(16)21)14-5-6-17-18(12-14)29-11-10-28-17/h5-7,9,12-13H,2-4,8,10-11H2,1H3. The highest BCUT2D eigenvalue weighted by molar-refractivity contribution is 5.79. The van der Waals surface area contributed by atoms with Crippen molar-refractivity contribution in [2.45, 2.75) is 32.7 Å². The van der Waals surface area contributed by atoms with Crippen molar-refractivity contribution in [3.8, 4) is 22.9 Å². The van der Waals surface area contributed by atoms with Crippen molar-refractivity contribution in [2.75, 3.05) is 13.2 Å². The fourth-order valence-electron chi connectivity index (χ4n) is 3.57. The van der Waals surface area contributed by atoms with Gasteiger partial charge in [0.15, 0.2) is 17.3 Å². The first-order valence-electron chi connectivity index (χ1n) is 9.89. The van der Waals surface area contributed by atoms with Gasteiger partial charge in [0.1, 0.15) is 13.2 Å². The fourth-order valence-corrected chi connectivity index (χ4v) is 3.57. The Balaban J connectivity index is 1.57. The summed E-state index contributed by atoms with van der Waals surface area (Å²) in [7, 11) is 0. The lowest BCUT2D eigenvalue weighted by molar-refractivity contribution is 0.171. The maximum absolute atomic E-state index is 12.8. The predicted molar refractivity (Wildman–Crippen MR) is 108 cm³/mol. The van der Waals surface area contributed by atoms with Crippen molar-refractivity contribution in [3.63, 3.8) is 0 Å². The smallest absolute Gasteiger partial charge is 0.261 e. The normalized spacial score (nSPS) is 13.3. The Bertz CT molecular complexity index is 1260. The summed E-state index contributed by atoms with van der Waals surface area (Å²) in [6.45, 7) is 3.92. The first kappa shape index (κ1) is 17.7. The van der Waals surface area contributed by atoms with Gasteiger partial charge in [-0.15, -0.1) is 5.10 Å². The van der Waals surface area contributed by atoms with Crippen LogP contribution in [0.25, 0.3) is 28.1 Å². The number of aromatic nitrogens is 5. The largest absolute Gasteiger partial charge is 0.486 e. The van der Waals surface area contributed by atoms with Crippen molar-refractivity contribution in [2.24, 2.45) is 0 Å². The summed E-state index contributed by atoms with van der Waals surface area (Å²) >= 11 is 0. The second-order valence-electron chi connectivity index (χ2n) is 7.08. The average molecular weight is 391 g/mol. The molecule has 0 amide bonds. The molecule has 0 bridgehead atoms. The maximum atomic E-state index is 12.8. The van der Waals surface area contributed by atoms with E-state index in [1.54, 1.807) is 15.3 Å². The summed E-state index contributed by atoms with van der Waals surface area (Å²) in [6.07, 6.45) is 6.61. The molecule has 5 rings (SSSR count). The second-order valence-corrected chi connectivity index (χ2v) is 7.08. The van der Waals surface area contributed by atoms with E-state index < -0.39 is 0 Å². The van der Waals surface area contributed by atoms with Gasteiger partial charge in [-0.25, -0.2) is 4.98 Å². The maximum Gasteiger partial charge on any atom is 0.261 e. The van der Waals surface area contributed by atoms with Gasteiger partial charge in [0.05, 0.1) is 10.9 Å². The SMILES string of the molecule is CCCCCn1ccc2c(cnc3nc(-c4ccc5c(c4)OCCO5)nn32)c1=O. The molecule has 1 aromatic carbocycles. The highest BCUT2D eigenvalue weighted by atomic mass is 16.6. The topological polar surface area (TPSA) is 83.5 Å². The molecule has 8 nitrogen and oxygen atoms in total. The van der Waals surface area contributed by atoms with Gasteiger partial charge in [0, 0.05) is 24.5 Å². The molecule has 8 heteroatoms. The molecule has 0 spiro atoms. The van der Waals surface area contributed by atoms with Crippen molar-refractivity contribution < 1.29 is 9.47 Å². The van der Waals surface area contributed by atoms with Crippen molar-refractivity contribution in [1.82, 2.24) is 24.1 Å². The van der Waals surface area contributed by atoms with Crippen LogP contribution in [0, 0.1) is 0 Å². The molecule has 0 N–H and O–H groups in total. The van der Waals surface area contributed by atoms with E-state index in [9.17, 15) is 4.79 Å². The molecule has 29 heavy (non-hydrogen) atoms. The van der Waals surface area contributed by atoms with E-state index in [0.717, 1.165) is 30.6 Å². The van der Waals surface area contributed by atoms with Crippen LogP contribution in [-0.2, 0) is 6.54 Å². The molecule has 1 aliphatic rings. The monoisotopic (exact) mass is 391 g/mol. The van der Waals surface area contributed by atoms with Gasteiger partial charge in [-0.1, -0.05) is 19.8 Å². The van der Waals surface area contributed by atoms with Gasteiger partial charge >= 0.3 is 0 Å². The highest BCUT2D eigenvalue weighted by Gasteiger charge is 2.16. The van der Waals surface area contributed by atoms with E-state index >= 15 is 0 Å². The molecule has 0 aliphatic carbocycles. The van der Waals surface area contributed by atoms with Crippen molar-refractivity contribution in [1.29, 1.82) is 0 Å². The molecule has 0 fully saturated rings. The minimum absolute atomic E-state index is 0.0515. The predicted octanol–water partition coefficient (Wildman–Crippen LogP) is 3.07. The summed E-state index contributed by atoms with van der Waals surface area (Å²) in [4.78, 5) is 21.7. The number of hydrogen-bond donors (Lipinski definition) is 0. The zero-order valence-corrected chi connectivity index (χ0v) is 16.2.